The molecule has 2 aromatic carbocycles. The summed E-state index contributed by atoms with van der Waals surface area (Å²) in [6.45, 7) is 0.361. The van der Waals surface area contributed by atoms with Gasteiger partial charge in [0, 0.05) is 24.5 Å². The first-order chi connectivity index (χ1) is 14.2. The summed E-state index contributed by atoms with van der Waals surface area (Å²) in [5, 5.41) is 10.9. The van der Waals surface area contributed by atoms with E-state index < -0.39 is 17.7 Å². The van der Waals surface area contributed by atoms with Gasteiger partial charge < -0.3 is 10.0 Å². The van der Waals surface area contributed by atoms with E-state index in [0.29, 0.717) is 24.1 Å². The van der Waals surface area contributed by atoms with Crippen LogP contribution in [-0.2, 0) is 16.0 Å². The number of ketones is 1. The number of hydrogen-bond donors (Lipinski definition) is 1. The average molecular weight is 384 g/mol. The summed E-state index contributed by atoms with van der Waals surface area (Å²) in [6.07, 6.45) is 3.87. The van der Waals surface area contributed by atoms with Gasteiger partial charge in [0.25, 0.3) is 11.7 Å². The van der Waals surface area contributed by atoms with E-state index in [2.05, 4.69) is 4.98 Å². The summed E-state index contributed by atoms with van der Waals surface area (Å²) < 4.78 is 0. The number of Topliss-reactive ketones (excluding diaryl/α,β-unsaturated/α-hetero) is 1. The van der Waals surface area contributed by atoms with E-state index in [1.807, 2.05) is 42.5 Å². The van der Waals surface area contributed by atoms with E-state index in [4.69, 9.17) is 0 Å². The Balaban J connectivity index is 1.76. The number of rotatable bonds is 5. The van der Waals surface area contributed by atoms with E-state index in [1.54, 1.807) is 42.7 Å². The van der Waals surface area contributed by atoms with Gasteiger partial charge in [-0.05, 0) is 23.6 Å². The molecule has 4 rings (SSSR count). The summed E-state index contributed by atoms with van der Waals surface area (Å²) in [5.41, 5.74) is 2.37. The fourth-order valence-corrected chi connectivity index (χ4v) is 3.64. The number of amides is 1. The number of likely N-dealkylation sites (tertiary alicyclic amines) is 1. The van der Waals surface area contributed by atoms with Crippen LogP contribution in [0, 0.1) is 0 Å². The minimum atomic E-state index is -0.674. The van der Waals surface area contributed by atoms with Crippen molar-refractivity contribution < 1.29 is 14.7 Å². The molecule has 1 aliphatic rings. The minimum absolute atomic E-state index is 0.0993. The van der Waals surface area contributed by atoms with Gasteiger partial charge in [-0.15, -0.1) is 0 Å². The van der Waals surface area contributed by atoms with Gasteiger partial charge in [-0.3, -0.25) is 14.6 Å². The molecule has 1 aliphatic heterocycles. The highest BCUT2D eigenvalue weighted by Crippen LogP contribution is 2.39. The number of carbonyl (C=O) groups excluding carboxylic acids is 2. The monoisotopic (exact) mass is 384 g/mol. The molecule has 0 aliphatic carbocycles. The lowest BCUT2D eigenvalue weighted by Crippen LogP contribution is -2.31. The number of aliphatic hydroxyl groups excluding tert-OH is 1. The van der Waals surface area contributed by atoms with Gasteiger partial charge in [-0.1, -0.05) is 66.7 Å². The standard InChI is InChI=1S/C24H20N2O3/c27-22(18-10-5-2-6-11-18)20-21(19-12-7-14-25-16-19)26(24(29)23(20)28)15-13-17-8-3-1-4-9-17/h1-12,14,16,21,27H,13,15H2. The lowest BCUT2D eigenvalue weighted by molar-refractivity contribution is -0.139. The predicted molar refractivity (Wildman–Crippen MR) is 110 cm³/mol. The van der Waals surface area contributed by atoms with Crippen LogP contribution < -0.4 is 0 Å². The van der Waals surface area contributed by atoms with E-state index in [-0.39, 0.29) is 11.3 Å². The number of pyridine rings is 1. The number of carbonyl (C=O) groups is 2. The molecule has 0 spiro atoms. The Morgan fingerprint density at radius 2 is 1.62 bits per heavy atom. The Hall–Kier alpha value is -3.73. The molecular formula is C24H20N2O3. The molecule has 1 N–H and O–H groups in total. The Morgan fingerprint density at radius 3 is 2.28 bits per heavy atom. The molecule has 1 amide bonds. The average Bonchev–Trinajstić information content (AvgIpc) is 3.04. The smallest absolute Gasteiger partial charge is 0.295 e. The molecular weight excluding hydrogens is 364 g/mol. The number of aromatic nitrogens is 1. The van der Waals surface area contributed by atoms with Gasteiger partial charge in [-0.2, -0.15) is 0 Å². The van der Waals surface area contributed by atoms with Crippen molar-refractivity contribution in [1.29, 1.82) is 0 Å². The van der Waals surface area contributed by atoms with Crippen LogP contribution in [0.4, 0.5) is 0 Å². The van der Waals surface area contributed by atoms with Crippen LogP contribution in [0.25, 0.3) is 5.76 Å². The molecule has 1 aromatic heterocycles. The Bertz CT molecular complexity index is 1050. The largest absolute Gasteiger partial charge is 0.507 e. The van der Waals surface area contributed by atoms with Crippen LogP contribution in [0.5, 0.6) is 0 Å². The van der Waals surface area contributed by atoms with Gasteiger partial charge in [0.05, 0.1) is 11.6 Å². The number of aliphatic hydroxyl groups is 1. The van der Waals surface area contributed by atoms with E-state index in [9.17, 15) is 14.7 Å². The van der Waals surface area contributed by atoms with Crippen LogP contribution in [0.3, 0.4) is 0 Å². The molecule has 144 valence electrons. The first-order valence-corrected chi connectivity index (χ1v) is 9.44. The summed E-state index contributed by atoms with van der Waals surface area (Å²) in [6, 6.07) is 21.5. The Labute approximate surface area is 169 Å². The van der Waals surface area contributed by atoms with Crippen LogP contribution in [-0.4, -0.2) is 33.2 Å². The molecule has 0 bridgehead atoms. The molecule has 2 heterocycles. The van der Waals surface area contributed by atoms with Crippen molar-refractivity contribution >= 4 is 17.4 Å². The van der Waals surface area contributed by atoms with Crippen molar-refractivity contribution in [2.24, 2.45) is 0 Å². The third-order valence-corrected chi connectivity index (χ3v) is 5.07. The van der Waals surface area contributed by atoms with Gasteiger partial charge in [-0.25, -0.2) is 0 Å². The lowest BCUT2D eigenvalue weighted by atomic mass is 9.96. The molecule has 5 nitrogen and oxygen atoms in total. The summed E-state index contributed by atoms with van der Waals surface area (Å²) in [5.74, 6) is -1.44. The quantitative estimate of drug-likeness (QED) is 0.413. The highest BCUT2D eigenvalue weighted by molar-refractivity contribution is 6.46. The number of nitrogens with zero attached hydrogens (tertiary/aromatic N) is 2. The van der Waals surface area contributed by atoms with Gasteiger partial charge >= 0.3 is 0 Å². The van der Waals surface area contributed by atoms with Gasteiger partial charge in [0.2, 0.25) is 0 Å². The van der Waals surface area contributed by atoms with Crippen molar-refractivity contribution in [2.75, 3.05) is 6.54 Å². The molecule has 1 saturated heterocycles. The predicted octanol–water partition coefficient (Wildman–Crippen LogP) is 3.75. The fraction of sp³-hybridized carbons (Fsp3) is 0.125. The first kappa shape index (κ1) is 18.6. The van der Waals surface area contributed by atoms with E-state index >= 15 is 0 Å². The molecule has 1 unspecified atom stereocenters. The third kappa shape index (κ3) is 3.67. The molecule has 1 fully saturated rings. The van der Waals surface area contributed by atoms with Crippen LogP contribution >= 0.6 is 0 Å². The number of hydrogen-bond acceptors (Lipinski definition) is 4. The summed E-state index contributed by atoms with van der Waals surface area (Å²) >= 11 is 0. The normalized spacial score (nSPS) is 18.2. The zero-order chi connectivity index (χ0) is 20.2. The second kappa shape index (κ2) is 8.10. The SMILES string of the molecule is O=C1C(=O)N(CCc2ccccc2)C(c2cccnc2)C1=C(O)c1ccccc1. The molecule has 0 radical (unpaired) electrons. The van der Waals surface area contributed by atoms with Crippen LogP contribution in [0.2, 0.25) is 0 Å². The fourth-order valence-electron chi connectivity index (χ4n) is 3.64. The second-order valence-electron chi connectivity index (χ2n) is 6.88. The first-order valence-electron chi connectivity index (χ1n) is 9.44. The highest BCUT2D eigenvalue weighted by Gasteiger charge is 2.45. The Kier molecular flexibility index (Phi) is 5.20. The molecule has 3 aromatic rings. The zero-order valence-corrected chi connectivity index (χ0v) is 15.7. The minimum Gasteiger partial charge on any atom is -0.507 e. The number of benzene rings is 2. The van der Waals surface area contributed by atoms with E-state index in [0.717, 1.165) is 5.56 Å². The van der Waals surface area contributed by atoms with Gasteiger partial charge in [0.1, 0.15) is 5.76 Å². The zero-order valence-electron chi connectivity index (χ0n) is 15.7. The van der Waals surface area contributed by atoms with Crippen molar-refractivity contribution in [2.45, 2.75) is 12.5 Å². The maximum Gasteiger partial charge on any atom is 0.295 e. The van der Waals surface area contributed by atoms with Gasteiger partial charge in [0.15, 0.2) is 0 Å². The van der Waals surface area contributed by atoms with E-state index in [1.165, 1.54) is 4.90 Å². The molecule has 0 saturated carbocycles. The maximum atomic E-state index is 12.9. The van der Waals surface area contributed by atoms with Crippen molar-refractivity contribution in [1.82, 2.24) is 9.88 Å². The highest BCUT2D eigenvalue weighted by atomic mass is 16.3. The van der Waals surface area contributed by atoms with Crippen molar-refractivity contribution in [3.05, 3.63) is 107 Å². The van der Waals surface area contributed by atoms with Crippen LogP contribution in [0.1, 0.15) is 22.7 Å². The maximum absolute atomic E-state index is 12.9. The third-order valence-electron chi connectivity index (χ3n) is 5.07. The topological polar surface area (TPSA) is 70.5 Å². The Morgan fingerprint density at radius 1 is 0.931 bits per heavy atom. The molecule has 1 atom stereocenters. The lowest BCUT2D eigenvalue weighted by Gasteiger charge is -2.25. The van der Waals surface area contributed by atoms with Crippen molar-refractivity contribution in [3.8, 4) is 0 Å². The second-order valence-corrected chi connectivity index (χ2v) is 6.88. The van der Waals surface area contributed by atoms with Crippen LogP contribution in [0.15, 0.2) is 90.8 Å². The summed E-state index contributed by atoms with van der Waals surface area (Å²) in [4.78, 5) is 31.4. The molecule has 5 heteroatoms. The summed E-state index contributed by atoms with van der Waals surface area (Å²) in [7, 11) is 0. The molecule has 29 heavy (non-hydrogen) atoms. The van der Waals surface area contributed by atoms with Crippen molar-refractivity contribution in [3.63, 3.8) is 0 Å².